The summed E-state index contributed by atoms with van der Waals surface area (Å²) in [4.78, 5) is 30.8. The van der Waals surface area contributed by atoms with E-state index in [0.717, 1.165) is 56.6 Å². The summed E-state index contributed by atoms with van der Waals surface area (Å²) < 4.78 is 12.6. The number of carbonyl (C=O) groups is 2. The third-order valence-electron chi connectivity index (χ3n) is 6.92. The molecule has 0 atom stereocenters. The maximum absolute atomic E-state index is 13.4. The average molecular weight is 528 g/mol. The molecule has 1 aliphatic rings. The Labute approximate surface area is 222 Å². The van der Waals surface area contributed by atoms with Gasteiger partial charge in [-0.05, 0) is 61.4 Å². The van der Waals surface area contributed by atoms with E-state index in [4.69, 9.17) is 26.2 Å². The van der Waals surface area contributed by atoms with Gasteiger partial charge in [0.25, 0.3) is 5.91 Å². The number of rotatable bonds is 10. The quantitative estimate of drug-likeness (QED) is 0.319. The minimum absolute atomic E-state index is 0.0657. The van der Waals surface area contributed by atoms with Crippen LogP contribution in [-0.4, -0.2) is 90.9 Å². The number of hydrogen-bond acceptors (Lipinski definition) is 7. The number of piperazine rings is 1. The molecule has 37 heavy (non-hydrogen) atoms. The van der Waals surface area contributed by atoms with Gasteiger partial charge in [0.15, 0.2) is 0 Å². The van der Waals surface area contributed by atoms with E-state index >= 15 is 0 Å². The van der Waals surface area contributed by atoms with Crippen molar-refractivity contribution in [3.63, 3.8) is 0 Å². The van der Waals surface area contributed by atoms with Crippen molar-refractivity contribution in [1.29, 1.82) is 0 Å². The van der Waals surface area contributed by atoms with Crippen LogP contribution in [0.5, 0.6) is 5.75 Å². The summed E-state index contributed by atoms with van der Waals surface area (Å²) in [7, 11) is 1.59. The lowest BCUT2D eigenvalue weighted by Crippen LogP contribution is -2.47. The number of carbonyl (C=O) groups excluding carboxylic acids is 2. The molecule has 1 fully saturated rings. The molecular formula is C28H34ClN3O5. The molecule has 2 aromatic carbocycles. The number of hydrogen-bond donors (Lipinski definition) is 1. The minimum atomic E-state index is -0.323. The van der Waals surface area contributed by atoms with Crippen molar-refractivity contribution in [1.82, 2.24) is 14.4 Å². The standard InChI is InChI=1S/C28H34ClN3O5/c1-20-24(19-27(34)37-17-3-10-30-11-13-31(14-12-30)15-16-33)25-18-23(36-2)8-9-26(25)32(20)28(35)21-4-6-22(29)7-5-21/h4-9,18,33H,3,10-17,19H2,1-2H3. The number of halogens is 1. The molecule has 1 N–H and O–H groups in total. The van der Waals surface area contributed by atoms with E-state index in [1.807, 2.05) is 19.1 Å². The monoisotopic (exact) mass is 527 g/mol. The SMILES string of the molecule is COc1ccc2c(c1)c(CC(=O)OCCCN1CCN(CCO)CC1)c(C)n2C(=O)c1ccc(Cl)cc1. The Morgan fingerprint density at radius 1 is 1.00 bits per heavy atom. The van der Waals surface area contributed by atoms with E-state index in [9.17, 15) is 9.59 Å². The molecule has 1 aromatic heterocycles. The van der Waals surface area contributed by atoms with E-state index in [1.54, 1.807) is 42.0 Å². The number of methoxy groups -OCH3 is 1. The summed E-state index contributed by atoms with van der Waals surface area (Å²) in [5.41, 5.74) is 2.66. The molecule has 8 nitrogen and oxygen atoms in total. The molecular weight excluding hydrogens is 494 g/mol. The Bertz CT molecular complexity index is 1230. The first-order valence-corrected chi connectivity index (χ1v) is 13.0. The smallest absolute Gasteiger partial charge is 0.310 e. The fourth-order valence-electron chi connectivity index (χ4n) is 4.84. The van der Waals surface area contributed by atoms with Crippen molar-refractivity contribution in [3.05, 3.63) is 64.3 Å². The minimum Gasteiger partial charge on any atom is -0.497 e. The molecule has 0 amide bonds. The second kappa shape index (κ2) is 12.6. The Balaban J connectivity index is 1.42. The van der Waals surface area contributed by atoms with Gasteiger partial charge in [0.1, 0.15) is 5.75 Å². The van der Waals surface area contributed by atoms with Crippen molar-refractivity contribution in [2.24, 2.45) is 0 Å². The Morgan fingerprint density at radius 2 is 1.68 bits per heavy atom. The van der Waals surface area contributed by atoms with Gasteiger partial charge in [0.2, 0.25) is 0 Å². The summed E-state index contributed by atoms with van der Waals surface area (Å²) >= 11 is 6.00. The highest BCUT2D eigenvalue weighted by atomic mass is 35.5. The van der Waals surface area contributed by atoms with Gasteiger partial charge in [0.05, 0.1) is 32.3 Å². The highest BCUT2D eigenvalue weighted by Crippen LogP contribution is 2.31. The van der Waals surface area contributed by atoms with E-state index in [1.165, 1.54) is 0 Å². The lowest BCUT2D eigenvalue weighted by Gasteiger charge is -2.34. The Hall–Kier alpha value is -2.91. The lowest BCUT2D eigenvalue weighted by molar-refractivity contribution is -0.143. The van der Waals surface area contributed by atoms with Crippen molar-refractivity contribution in [2.45, 2.75) is 19.8 Å². The first kappa shape index (κ1) is 27.1. The number of β-amino-alcohol motifs (C(OH)–C–C–N with tert-alkyl or cyclic N) is 1. The topological polar surface area (TPSA) is 84.2 Å². The highest BCUT2D eigenvalue weighted by Gasteiger charge is 2.23. The molecule has 0 aliphatic carbocycles. The van der Waals surface area contributed by atoms with E-state index in [0.29, 0.717) is 34.2 Å². The van der Waals surface area contributed by atoms with Gasteiger partial charge in [-0.2, -0.15) is 0 Å². The van der Waals surface area contributed by atoms with Crippen LogP contribution in [0, 0.1) is 6.92 Å². The van der Waals surface area contributed by atoms with Crippen molar-refractivity contribution < 1.29 is 24.2 Å². The van der Waals surface area contributed by atoms with Gasteiger partial charge in [-0.1, -0.05) is 11.6 Å². The van der Waals surface area contributed by atoms with Gasteiger partial charge in [-0.25, -0.2) is 0 Å². The maximum Gasteiger partial charge on any atom is 0.310 e. The first-order valence-electron chi connectivity index (χ1n) is 12.6. The van der Waals surface area contributed by atoms with Gasteiger partial charge >= 0.3 is 5.97 Å². The first-order chi connectivity index (χ1) is 17.9. The highest BCUT2D eigenvalue weighted by molar-refractivity contribution is 6.30. The van der Waals surface area contributed by atoms with Crippen LogP contribution in [0.1, 0.15) is 28.0 Å². The lowest BCUT2D eigenvalue weighted by atomic mass is 10.1. The Morgan fingerprint density at radius 3 is 2.32 bits per heavy atom. The zero-order valence-electron chi connectivity index (χ0n) is 21.4. The van der Waals surface area contributed by atoms with Gasteiger partial charge < -0.3 is 19.5 Å². The molecule has 0 spiro atoms. The predicted molar refractivity (Wildman–Crippen MR) is 144 cm³/mol. The molecule has 1 aliphatic heterocycles. The van der Waals surface area contributed by atoms with E-state index < -0.39 is 0 Å². The van der Waals surface area contributed by atoms with Crippen LogP contribution in [0.4, 0.5) is 0 Å². The molecule has 3 aromatic rings. The van der Waals surface area contributed by atoms with Gasteiger partial charge in [-0.15, -0.1) is 0 Å². The summed E-state index contributed by atoms with van der Waals surface area (Å²) in [5, 5.41) is 10.4. The average Bonchev–Trinajstić information content (AvgIpc) is 3.17. The molecule has 0 bridgehead atoms. The van der Waals surface area contributed by atoms with Crippen molar-refractivity contribution in [3.8, 4) is 5.75 Å². The summed E-state index contributed by atoms with van der Waals surface area (Å²) in [6, 6.07) is 12.3. The largest absolute Gasteiger partial charge is 0.497 e. The third-order valence-corrected chi connectivity index (χ3v) is 7.17. The van der Waals surface area contributed by atoms with Crippen molar-refractivity contribution >= 4 is 34.4 Å². The van der Waals surface area contributed by atoms with Gasteiger partial charge in [0, 0.05) is 60.9 Å². The van der Waals surface area contributed by atoms with Gasteiger partial charge in [-0.3, -0.25) is 19.1 Å². The van der Waals surface area contributed by atoms with E-state index in [-0.39, 0.29) is 24.9 Å². The van der Waals surface area contributed by atoms with E-state index in [2.05, 4.69) is 9.80 Å². The maximum atomic E-state index is 13.4. The summed E-state index contributed by atoms with van der Waals surface area (Å²) in [5.74, 6) is 0.136. The predicted octanol–water partition coefficient (Wildman–Crippen LogP) is 3.39. The van der Waals surface area contributed by atoms with Crippen LogP contribution in [0.25, 0.3) is 10.9 Å². The zero-order valence-corrected chi connectivity index (χ0v) is 22.2. The molecule has 198 valence electrons. The summed E-state index contributed by atoms with van der Waals surface area (Å²) in [6.45, 7) is 7.77. The fraction of sp³-hybridized carbons (Fsp3) is 0.429. The number of aromatic nitrogens is 1. The van der Waals surface area contributed by atoms with Crippen LogP contribution >= 0.6 is 11.6 Å². The number of aliphatic hydroxyl groups is 1. The number of esters is 1. The van der Waals surface area contributed by atoms with Crippen LogP contribution in [0.15, 0.2) is 42.5 Å². The molecule has 9 heteroatoms. The molecule has 1 saturated heterocycles. The fourth-order valence-corrected chi connectivity index (χ4v) is 4.97. The van der Waals surface area contributed by atoms with Crippen LogP contribution in [0.2, 0.25) is 5.02 Å². The number of ether oxygens (including phenoxy) is 2. The zero-order chi connectivity index (χ0) is 26.4. The summed E-state index contributed by atoms with van der Waals surface area (Å²) in [6.07, 6.45) is 0.825. The van der Waals surface area contributed by atoms with Crippen LogP contribution < -0.4 is 4.74 Å². The normalized spacial score (nSPS) is 14.7. The number of nitrogens with zero attached hydrogens (tertiary/aromatic N) is 3. The third kappa shape index (κ3) is 6.51. The molecule has 2 heterocycles. The number of benzene rings is 2. The molecule has 0 unspecified atom stereocenters. The molecule has 0 radical (unpaired) electrons. The number of fused-ring (bicyclic) bond motifs is 1. The Kier molecular flexibility index (Phi) is 9.21. The second-order valence-corrected chi connectivity index (χ2v) is 9.69. The molecule has 0 saturated carbocycles. The van der Waals surface area contributed by atoms with Crippen molar-refractivity contribution in [2.75, 3.05) is 59.6 Å². The van der Waals surface area contributed by atoms with Crippen LogP contribution in [-0.2, 0) is 16.0 Å². The van der Waals surface area contributed by atoms with Crippen LogP contribution in [0.3, 0.4) is 0 Å². The second-order valence-electron chi connectivity index (χ2n) is 9.25. The number of aliphatic hydroxyl groups excluding tert-OH is 1. The molecule has 4 rings (SSSR count).